The molecule has 1 aliphatic rings. The van der Waals surface area contributed by atoms with Crippen LogP contribution in [-0.4, -0.2) is 39.7 Å². The van der Waals surface area contributed by atoms with Gasteiger partial charge in [-0.3, -0.25) is 0 Å². The molecule has 0 aromatic heterocycles. The third kappa shape index (κ3) is 5.65. The summed E-state index contributed by atoms with van der Waals surface area (Å²) in [5.74, 6) is 0.523. The molecule has 4 nitrogen and oxygen atoms in total. The summed E-state index contributed by atoms with van der Waals surface area (Å²) in [5, 5.41) is 0. The molecule has 0 spiro atoms. The molecule has 2 unspecified atom stereocenters. The smallest absolute Gasteiger partial charge is 0.332 e. The van der Waals surface area contributed by atoms with Gasteiger partial charge < -0.3 is 16.5 Å². The van der Waals surface area contributed by atoms with E-state index in [4.69, 9.17) is 28.1 Å². The Balaban J connectivity index is 3.10. The van der Waals surface area contributed by atoms with Gasteiger partial charge in [0, 0.05) is 0 Å². The Morgan fingerprint density at radius 1 is 0.750 bits per heavy atom. The summed E-state index contributed by atoms with van der Waals surface area (Å²) < 4.78 is 25.6. The first-order valence-corrected chi connectivity index (χ1v) is 18.4. The van der Waals surface area contributed by atoms with E-state index in [0.717, 1.165) is 6.04 Å². The lowest BCUT2D eigenvalue weighted by Crippen LogP contribution is -2.66. The number of alkyl halides is 1. The zero-order chi connectivity index (χ0) is 15.8. The Morgan fingerprint density at radius 3 is 1.60 bits per heavy atom. The molecule has 0 radical (unpaired) electrons. The van der Waals surface area contributed by atoms with Crippen LogP contribution in [0.2, 0.25) is 45.3 Å². The van der Waals surface area contributed by atoms with Crippen LogP contribution in [0.5, 0.6) is 0 Å². The first-order valence-electron chi connectivity index (χ1n) is 7.17. The molecule has 1 rings (SSSR count). The standard InChI is InChI=1S/C11H29ClO4Si4/c1-11(2)9-19(7)14-17(3,4)13-18(5,6)15-20(8,10-12)16-19/h11H,9-10H2,1-8H3. The van der Waals surface area contributed by atoms with Crippen LogP contribution in [-0.2, 0) is 16.5 Å². The van der Waals surface area contributed by atoms with Crippen LogP contribution < -0.4 is 0 Å². The van der Waals surface area contributed by atoms with E-state index in [9.17, 15) is 0 Å². The quantitative estimate of drug-likeness (QED) is 0.553. The first kappa shape index (κ1) is 19.0. The lowest BCUT2D eigenvalue weighted by molar-refractivity contribution is 0.231. The third-order valence-electron chi connectivity index (χ3n) is 2.87. The van der Waals surface area contributed by atoms with Crippen molar-refractivity contribution in [3.8, 4) is 0 Å². The van der Waals surface area contributed by atoms with Crippen LogP contribution in [0, 0.1) is 5.92 Å². The van der Waals surface area contributed by atoms with Crippen molar-refractivity contribution in [1.82, 2.24) is 0 Å². The molecule has 1 fully saturated rings. The van der Waals surface area contributed by atoms with E-state index < -0.39 is 34.2 Å². The molecule has 0 bridgehead atoms. The van der Waals surface area contributed by atoms with Gasteiger partial charge in [0.1, 0.15) is 0 Å². The maximum atomic E-state index is 6.49. The monoisotopic (exact) mass is 372 g/mol. The molecule has 0 N–H and O–H groups in total. The minimum Gasteiger partial charge on any atom is -0.416 e. The van der Waals surface area contributed by atoms with E-state index in [0.29, 0.717) is 11.4 Å². The molecule has 120 valence electrons. The van der Waals surface area contributed by atoms with Gasteiger partial charge in [-0.05, 0) is 51.2 Å². The summed E-state index contributed by atoms with van der Waals surface area (Å²) in [5.41, 5.74) is 0.415. The van der Waals surface area contributed by atoms with Crippen molar-refractivity contribution >= 4 is 45.8 Å². The lowest BCUT2D eigenvalue weighted by Gasteiger charge is -2.48. The Bertz CT molecular complexity index is 355. The van der Waals surface area contributed by atoms with Crippen LogP contribution >= 0.6 is 11.6 Å². The van der Waals surface area contributed by atoms with Crippen molar-refractivity contribution in [1.29, 1.82) is 0 Å². The second-order valence-electron chi connectivity index (χ2n) is 7.21. The van der Waals surface area contributed by atoms with Crippen LogP contribution in [0.3, 0.4) is 0 Å². The van der Waals surface area contributed by atoms with Gasteiger partial charge in [-0.25, -0.2) is 0 Å². The fourth-order valence-corrected chi connectivity index (χ4v) is 25.5. The SMILES string of the molecule is CC(C)C[Si]1(C)O[Si](C)(C)O[Si](C)(C)O[Si](C)(CCl)O1. The summed E-state index contributed by atoms with van der Waals surface area (Å²) >= 11 is 6.17. The minimum atomic E-state index is -2.43. The summed E-state index contributed by atoms with van der Waals surface area (Å²) in [6, 6.07) is 0.942. The highest BCUT2D eigenvalue weighted by atomic mass is 35.5. The molecule has 1 heterocycles. The van der Waals surface area contributed by atoms with Crippen molar-refractivity contribution in [3.63, 3.8) is 0 Å². The Kier molecular flexibility index (Phi) is 5.95. The van der Waals surface area contributed by atoms with Gasteiger partial charge in [-0.1, -0.05) is 13.8 Å². The van der Waals surface area contributed by atoms with E-state index in [1.165, 1.54) is 0 Å². The van der Waals surface area contributed by atoms with E-state index >= 15 is 0 Å². The number of hydrogen-bond acceptors (Lipinski definition) is 4. The van der Waals surface area contributed by atoms with E-state index in [1.54, 1.807) is 0 Å². The van der Waals surface area contributed by atoms with Crippen molar-refractivity contribution < 1.29 is 16.5 Å². The fourth-order valence-electron chi connectivity index (χ4n) is 3.05. The second-order valence-corrected chi connectivity index (χ2v) is 22.1. The molecular weight excluding hydrogens is 344 g/mol. The van der Waals surface area contributed by atoms with Gasteiger partial charge in [-0.15, -0.1) is 11.6 Å². The van der Waals surface area contributed by atoms with Gasteiger partial charge in [0.15, 0.2) is 0 Å². The third-order valence-corrected chi connectivity index (χ3v) is 21.1. The van der Waals surface area contributed by atoms with E-state index in [2.05, 4.69) is 46.6 Å². The van der Waals surface area contributed by atoms with Crippen molar-refractivity contribution in [2.75, 3.05) is 5.50 Å². The first-order chi connectivity index (χ1) is 8.81. The molecule has 1 aliphatic heterocycles. The van der Waals surface area contributed by atoms with Crippen molar-refractivity contribution in [2.24, 2.45) is 5.92 Å². The van der Waals surface area contributed by atoms with Gasteiger partial charge in [0.2, 0.25) is 0 Å². The molecule has 9 heteroatoms. The zero-order valence-corrected chi connectivity index (χ0v) is 18.8. The normalized spacial score (nSPS) is 37.5. The highest BCUT2D eigenvalue weighted by Crippen LogP contribution is 2.34. The Hall–Kier alpha value is 0.998. The summed E-state index contributed by atoms with van der Waals surface area (Å²) in [7, 11) is -9.25. The van der Waals surface area contributed by atoms with Crippen LogP contribution in [0.15, 0.2) is 0 Å². The second kappa shape index (κ2) is 6.24. The fraction of sp³-hybridized carbons (Fsp3) is 1.00. The Labute approximate surface area is 133 Å². The predicted molar refractivity (Wildman–Crippen MR) is 92.9 cm³/mol. The largest absolute Gasteiger partial charge is 0.416 e. The molecule has 0 aromatic carbocycles. The molecule has 20 heavy (non-hydrogen) atoms. The summed E-state index contributed by atoms with van der Waals surface area (Å²) in [6.07, 6.45) is 0. The number of hydrogen-bond donors (Lipinski definition) is 0. The highest BCUT2D eigenvalue weighted by molar-refractivity contribution is 6.94. The summed E-state index contributed by atoms with van der Waals surface area (Å²) in [6.45, 7) is 16.8. The van der Waals surface area contributed by atoms with Crippen LogP contribution in [0.1, 0.15) is 13.8 Å². The lowest BCUT2D eigenvalue weighted by atomic mass is 10.3. The van der Waals surface area contributed by atoms with Crippen LogP contribution in [0.25, 0.3) is 0 Å². The minimum absolute atomic E-state index is 0.415. The zero-order valence-electron chi connectivity index (χ0n) is 14.0. The van der Waals surface area contributed by atoms with Gasteiger partial charge in [-0.2, -0.15) is 0 Å². The predicted octanol–water partition coefficient (Wildman–Crippen LogP) is 4.05. The van der Waals surface area contributed by atoms with Crippen molar-refractivity contribution in [2.45, 2.75) is 59.2 Å². The van der Waals surface area contributed by atoms with E-state index in [-0.39, 0.29) is 0 Å². The molecule has 0 amide bonds. The van der Waals surface area contributed by atoms with Gasteiger partial charge in [0.25, 0.3) is 0 Å². The number of rotatable bonds is 3. The van der Waals surface area contributed by atoms with Crippen molar-refractivity contribution in [3.05, 3.63) is 0 Å². The summed E-state index contributed by atoms with van der Waals surface area (Å²) in [4.78, 5) is 0. The maximum absolute atomic E-state index is 6.49. The topological polar surface area (TPSA) is 36.9 Å². The van der Waals surface area contributed by atoms with E-state index in [1.807, 2.05) is 6.55 Å². The highest BCUT2D eigenvalue weighted by Gasteiger charge is 2.53. The molecule has 0 aromatic rings. The molecule has 1 saturated heterocycles. The molecule has 0 aliphatic carbocycles. The number of halogens is 1. The van der Waals surface area contributed by atoms with Gasteiger partial charge >= 0.3 is 34.2 Å². The molecule has 0 saturated carbocycles. The molecular formula is C11H29ClO4Si4. The molecule has 2 atom stereocenters. The van der Waals surface area contributed by atoms with Gasteiger partial charge in [0.05, 0.1) is 5.50 Å². The average molecular weight is 373 g/mol. The van der Waals surface area contributed by atoms with Crippen LogP contribution in [0.4, 0.5) is 0 Å². The maximum Gasteiger partial charge on any atom is 0.332 e. The Morgan fingerprint density at radius 2 is 1.20 bits per heavy atom. The average Bonchev–Trinajstić information content (AvgIpc) is 2.08.